The number of unbranched alkanes of at least 4 members (excludes halogenated alkanes) is 6. The molecule has 12 nitrogen and oxygen atoms in total. The first-order valence-electron chi connectivity index (χ1n) is 47.3. The Morgan fingerprint density at radius 3 is 1.11 bits per heavy atom. The maximum atomic E-state index is 8.80. The monoisotopic (exact) mass is 2080 g/mol. The van der Waals surface area contributed by atoms with Crippen molar-refractivity contribution in [3.05, 3.63) is 146 Å². The van der Waals surface area contributed by atoms with Crippen molar-refractivity contribution in [1.82, 2.24) is 0 Å². The van der Waals surface area contributed by atoms with Crippen LogP contribution >= 0.6 is 99.2 Å². The summed E-state index contributed by atoms with van der Waals surface area (Å²) in [5, 5.41) is 9.98. The number of alkyl halides is 3. The van der Waals surface area contributed by atoms with Gasteiger partial charge < -0.3 is 57.2 Å². The first kappa shape index (κ1) is 100. The van der Waals surface area contributed by atoms with Gasteiger partial charge in [-0.15, -0.1) is 23.2 Å². The number of ether oxygens (including phenoxy) is 11. The van der Waals surface area contributed by atoms with Gasteiger partial charge in [0.05, 0.1) is 107 Å². The minimum Gasteiger partial charge on any atom is -0.508 e. The SMILES string of the molecule is BrBr.C.CCCCC(CC)CBr.CCCCC(CC)COc1cc(Br)c(OC)cc1Br.CCCCC(CC)COc1ccc(OC)cc1.COc1ccc(O)cc1.[2H]/C(C)=C(/[2H])c1c([2H])c(OC)c(C)c([2H])c1OCC(CC)CCCC.[2H]c1c(OCC(CC)CCCC)c(C([2H])([2H])Cl)c([2H])c(OC)c1C([2H])([2H])Cl.[2H]c1cc(OCC(CC)CCCC)c([2H])cc1OC.[AlH2].[Cu]. The number of allylic oxidation sites excluding steroid dienone is 1. The quantitative estimate of drug-likeness (QED) is 0.0289. The zero-order valence-electron chi connectivity index (χ0n) is 86.5. The molecule has 6 unspecified atom stereocenters. The van der Waals surface area contributed by atoms with Crippen LogP contribution < -0.4 is 52.1 Å². The van der Waals surface area contributed by atoms with Crippen molar-refractivity contribution in [3.63, 3.8) is 0 Å². The summed E-state index contributed by atoms with van der Waals surface area (Å²) in [6.07, 6.45) is 28.1. The standard InChI is InChI=1S/C19H30O2.C17H26Cl2O2.C15H22Br2O2.2C15H24O2.C8H17Br.C7H8O2.CH4.Al.Br2.Cu.2H/c1-6-9-11-16(8-3)14-21-19-12-15(4)18(20-5)13-17(19)10-7-2;1-4-6-7-13(5-2)12-21-17-9-14(10-18)16(20-3)8-15(17)11-19;1-4-6-7-11(5-2)10-19-15-9-12(16)14(18-3)8-13(15)17;2*1-4-6-7-13(5-2)12-17-15-10-8-14(16-3)9-11-15;1-3-5-6-8(4-2)7-9;1-9-7-4-2-6(8)3-5-7;;;1-2;;;/h7,10,12-13,16H,6,8-9,11,14H2,1-5H3;8-9,13H,4-7,10-12H2,1-3H3;8-9,11H,4-7,10H2,1-3H3;2*8-11,13H,4-7,12H2,1-3H3;8H,3-7H2,1-2H3;2-5,8H,1H3;1H4;;;;;/b10-7+;;;;;;;;;;;;/i7D,10D,12D,13D;8D,9D,10D2,11D2;;8D,11D;;;;;;;;;. The van der Waals surface area contributed by atoms with Gasteiger partial charge in [-0.2, -0.15) is 0 Å². The molecule has 0 heterocycles. The average molecular weight is 2090 g/mol. The molecule has 6 rings (SSSR count). The summed E-state index contributed by atoms with van der Waals surface area (Å²) in [6, 6.07) is 21.0. The minimum atomic E-state index is -2.50. The number of hydrogen-bond donors (Lipinski definition) is 1. The third-order valence-electron chi connectivity index (χ3n) is 19.0. The number of halogens is 7. The molecule has 0 aliphatic carbocycles. The van der Waals surface area contributed by atoms with Crippen LogP contribution in [0.3, 0.4) is 0 Å². The Morgan fingerprint density at radius 2 is 0.737 bits per heavy atom. The van der Waals surface area contributed by atoms with Crippen LogP contribution in [0.25, 0.3) is 6.05 Å². The largest absolute Gasteiger partial charge is 0.508 e. The summed E-state index contributed by atoms with van der Waals surface area (Å²) in [5.41, 5.74) is -0.0486. The maximum Gasteiger partial charge on any atom is 0.146 e. The van der Waals surface area contributed by atoms with Crippen LogP contribution in [-0.4, -0.2) is 103 Å². The molecule has 0 aliphatic rings. The van der Waals surface area contributed by atoms with Crippen molar-refractivity contribution in [2.75, 3.05) is 81.0 Å². The Morgan fingerprint density at radius 1 is 0.415 bits per heavy atom. The number of methoxy groups -OCH3 is 6. The third-order valence-corrected chi connectivity index (χ3v) is 21.5. The first-order chi connectivity index (χ1) is 60.4. The van der Waals surface area contributed by atoms with Gasteiger partial charge in [0, 0.05) is 72.8 Å². The van der Waals surface area contributed by atoms with Crippen LogP contribution in [-0.2, 0) is 28.7 Å². The number of hydrogen-bond acceptors (Lipinski definition) is 12. The van der Waals surface area contributed by atoms with Crippen LogP contribution in [0, 0.1) is 42.4 Å². The van der Waals surface area contributed by atoms with Crippen molar-refractivity contribution < 1.29 is 90.7 Å². The molecule has 0 aromatic heterocycles. The van der Waals surface area contributed by atoms with E-state index < -0.39 is 23.7 Å². The summed E-state index contributed by atoms with van der Waals surface area (Å²) >= 11 is 27.6. The van der Waals surface area contributed by atoms with E-state index in [2.05, 4.69) is 152 Å². The molecular formula is C97H157AlBr5Cl2CuO12. The van der Waals surface area contributed by atoms with Crippen LogP contribution in [0.4, 0.5) is 0 Å². The van der Waals surface area contributed by atoms with Crippen molar-refractivity contribution in [2.24, 2.45) is 35.5 Å². The maximum absolute atomic E-state index is 8.80. The predicted molar refractivity (Wildman–Crippen MR) is 528 cm³/mol. The minimum absolute atomic E-state index is 0. The van der Waals surface area contributed by atoms with Crippen molar-refractivity contribution in [3.8, 4) is 69.0 Å². The van der Waals surface area contributed by atoms with Gasteiger partial charge in [-0.05, 0) is 234 Å². The summed E-state index contributed by atoms with van der Waals surface area (Å²) in [5.74, 6) is 3.57. The first-order valence-corrected chi connectivity index (χ1v) is 48.5. The van der Waals surface area contributed by atoms with Crippen molar-refractivity contribution >= 4 is 123 Å². The van der Waals surface area contributed by atoms with E-state index in [1.165, 1.54) is 123 Å². The van der Waals surface area contributed by atoms with E-state index in [4.69, 9.17) is 96.9 Å². The molecule has 0 aliphatic heterocycles. The van der Waals surface area contributed by atoms with Gasteiger partial charge in [-0.25, -0.2) is 0 Å². The van der Waals surface area contributed by atoms with Gasteiger partial charge in [0.1, 0.15) is 86.4 Å². The van der Waals surface area contributed by atoms with E-state index in [0.29, 0.717) is 53.9 Å². The van der Waals surface area contributed by atoms with Gasteiger partial charge in [0.25, 0.3) is 0 Å². The molecule has 680 valence electrons. The molecule has 0 saturated heterocycles. The smallest absolute Gasteiger partial charge is 0.146 e. The fraction of sp³-hybridized carbons (Fsp3) is 0.608. The second-order valence-corrected chi connectivity index (χ2v) is 30.3. The van der Waals surface area contributed by atoms with Gasteiger partial charge in [-0.3, -0.25) is 0 Å². The number of phenolic OH excluding ortho intramolecular Hbond substituents is 1. The third kappa shape index (κ3) is 57.3. The van der Waals surface area contributed by atoms with E-state index in [-0.39, 0.29) is 136 Å². The summed E-state index contributed by atoms with van der Waals surface area (Å²) < 4.78 is 158. The van der Waals surface area contributed by atoms with E-state index in [9.17, 15) is 0 Å². The Kier molecular flexibility index (Phi) is 70.6. The number of aromatic hydroxyl groups is 1. The van der Waals surface area contributed by atoms with Crippen molar-refractivity contribution in [1.29, 1.82) is 0 Å². The molecule has 0 bridgehead atoms. The van der Waals surface area contributed by atoms with Gasteiger partial charge in [0.15, 0.2) is 0 Å². The molecule has 6 aromatic rings. The van der Waals surface area contributed by atoms with E-state index >= 15 is 0 Å². The molecule has 0 spiro atoms. The van der Waals surface area contributed by atoms with E-state index in [0.717, 1.165) is 127 Å². The molecule has 6 aromatic carbocycles. The molecule has 118 heavy (non-hydrogen) atoms. The summed E-state index contributed by atoms with van der Waals surface area (Å²) in [6.45, 7) is 32.2. The van der Waals surface area contributed by atoms with Crippen molar-refractivity contribution in [2.45, 2.75) is 270 Å². The number of phenols is 1. The zero-order chi connectivity index (χ0) is 97.0. The predicted octanol–water partition coefficient (Wildman–Crippen LogP) is 32.2. The van der Waals surface area contributed by atoms with E-state index in [1.54, 1.807) is 58.6 Å². The second kappa shape index (κ2) is 83.3. The second-order valence-electron chi connectivity index (χ2n) is 27.5. The molecule has 0 saturated carbocycles. The number of benzene rings is 6. The Labute approximate surface area is 808 Å². The Bertz CT molecular complexity index is 3860. The summed E-state index contributed by atoms with van der Waals surface area (Å²) in [7, 11) is 9.07. The fourth-order valence-electron chi connectivity index (χ4n) is 10.9. The topological polar surface area (TPSA) is 122 Å². The summed E-state index contributed by atoms with van der Waals surface area (Å²) in [4.78, 5) is 0. The molecule has 21 heteroatoms. The van der Waals surface area contributed by atoms with Crippen LogP contribution in [0.2, 0.25) is 0 Å². The van der Waals surface area contributed by atoms with E-state index in [1.807, 2.05) is 43.3 Å². The average Bonchev–Trinajstić information content (AvgIpc) is 0.751. The zero-order valence-corrected chi connectivity index (χ0v) is 86.9. The Hall–Kier alpha value is -3.31. The normalized spacial score (nSPS) is 13.6. The fourth-order valence-corrected chi connectivity index (χ4v) is 12.9. The van der Waals surface area contributed by atoms with Gasteiger partial charge in [0.2, 0.25) is 0 Å². The molecule has 6 atom stereocenters. The number of rotatable bonds is 49. The van der Waals surface area contributed by atoms with Gasteiger partial charge in [-0.1, -0.05) is 234 Å². The molecule has 0 amide bonds. The van der Waals surface area contributed by atoms with Crippen LogP contribution in [0.1, 0.15) is 290 Å². The Balaban J connectivity index is -0.000000476. The molecule has 0 fully saturated rings. The van der Waals surface area contributed by atoms with Crippen LogP contribution in [0.5, 0.6) is 69.0 Å². The molecule has 2 radical (unpaired) electrons. The van der Waals surface area contributed by atoms with Gasteiger partial charge >= 0.3 is 0 Å². The molecular weight excluding hydrogens is 1920 g/mol. The van der Waals surface area contributed by atoms with Crippen LogP contribution in [0.15, 0.2) is 124 Å². The molecule has 1 N–H and O–H groups in total.